The van der Waals surface area contributed by atoms with Crippen LogP contribution < -0.4 is 0 Å². The molecule has 2 unspecified atom stereocenters. The maximum atomic E-state index is 12.8. The van der Waals surface area contributed by atoms with Crippen LogP contribution in [0.3, 0.4) is 0 Å². The third kappa shape index (κ3) is 4.85. The fourth-order valence-electron chi connectivity index (χ4n) is 3.41. The number of hydrogen-bond acceptors (Lipinski definition) is 6. The second kappa shape index (κ2) is 7.78. The average Bonchev–Trinajstić information content (AvgIpc) is 3.13. The van der Waals surface area contributed by atoms with Crippen LogP contribution >= 0.6 is 0 Å². The maximum absolute atomic E-state index is 12.8. The van der Waals surface area contributed by atoms with Gasteiger partial charge in [-0.25, -0.2) is 4.79 Å². The molecule has 1 aliphatic rings. The highest BCUT2D eigenvalue weighted by molar-refractivity contribution is 5.69. The third-order valence-electron chi connectivity index (χ3n) is 4.65. The molecule has 7 heteroatoms. The summed E-state index contributed by atoms with van der Waals surface area (Å²) < 4.78 is 10.4. The topological polar surface area (TPSA) is 92.2 Å². The molecule has 142 valence electrons. The summed E-state index contributed by atoms with van der Waals surface area (Å²) in [5.41, 5.74) is 1.13. The average molecular weight is 368 g/mol. The van der Waals surface area contributed by atoms with Crippen molar-refractivity contribution in [3.8, 4) is 6.07 Å². The van der Waals surface area contributed by atoms with E-state index in [9.17, 15) is 4.79 Å². The molecule has 7 nitrogen and oxygen atoms in total. The van der Waals surface area contributed by atoms with Gasteiger partial charge in [-0.2, -0.15) is 10.2 Å². The molecule has 0 radical (unpaired) electrons. The van der Waals surface area contributed by atoms with Crippen LogP contribution in [0.2, 0.25) is 0 Å². The van der Waals surface area contributed by atoms with E-state index in [0.717, 1.165) is 18.4 Å². The Bertz CT molecular complexity index is 820. The first-order chi connectivity index (χ1) is 12.9. The number of amides is 1. The predicted octanol–water partition coefficient (Wildman–Crippen LogP) is 3.67. The lowest BCUT2D eigenvalue weighted by atomic mass is 9.86. The minimum absolute atomic E-state index is 0.0483. The minimum atomic E-state index is -0.568. The highest BCUT2D eigenvalue weighted by atomic mass is 16.6. The second-order valence-electron chi connectivity index (χ2n) is 7.85. The number of benzene rings is 1. The molecule has 1 aliphatic heterocycles. The van der Waals surface area contributed by atoms with Crippen LogP contribution in [0.1, 0.15) is 56.5 Å². The number of carbonyl (C=O) groups excluding carboxylic acids is 1. The number of nitriles is 1. The van der Waals surface area contributed by atoms with Gasteiger partial charge in [0.1, 0.15) is 5.60 Å². The summed E-state index contributed by atoms with van der Waals surface area (Å²) in [5, 5.41) is 13.0. The quantitative estimate of drug-likeness (QED) is 0.821. The molecule has 0 saturated carbocycles. The van der Waals surface area contributed by atoms with Crippen molar-refractivity contribution in [1.82, 2.24) is 15.0 Å². The molecule has 1 aromatic carbocycles. The molecule has 2 heterocycles. The monoisotopic (exact) mass is 368 g/mol. The zero-order valence-electron chi connectivity index (χ0n) is 15.9. The number of carbonyl (C=O) groups is 1. The van der Waals surface area contributed by atoms with E-state index in [-0.39, 0.29) is 18.1 Å². The van der Waals surface area contributed by atoms with Gasteiger partial charge in [-0.3, -0.25) is 0 Å². The van der Waals surface area contributed by atoms with E-state index in [4.69, 9.17) is 14.5 Å². The Morgan fingerprint density at radius 3 is 2.89 bits per heavy atom. The molecule has 0 spiro atoms. The van der Waals surface area contributed by atoms with Crippen molar-refractivity contribution in [1.29, 1.82) is 5.26 Å². The van der Waals surface area contributed by atoms with E-state index in [2.05, 4.69) is 16.2 Å². The molecule has 2 aromatic rings. The van der Waals surface area contributed by atoms with E-state index in [1.54, 1.807) is 11.0 Å². The molecule has 1 aromatic heterocycles. The van der Waals surface area contributed by atoms with Crippen LogP contribution in [0.5, 0.6) is 0 Å². The lowest BCUT2D eigenvalue weighted by molar-refractivity contribution is 0.00718. The lowest BCUT2D eigenvalue weighted by Gasteiger charge is -2.40. The van der Waals surface area contributed by atoms with Gasteiger partial charge in [-0.1, -0.05) is 17.3 Å². The summed E-state index contributed by atoms with van der Waals surface area (Å²) in [5.74, 6) is 0.742. The Hall–Kier alpha value is -2.88. The molecular weight excluding hydrogens is 344 g/mol. The van der Waals surface area contributed by atoms with Crippen LogP contribution in [0.15, 0.2) is 35.2 Å². The number of likely N-dealkylation sites (tertiary alicyclic amines) is 1. The van der Waals surface area contributed by atoms with Gasteiger partial charge >= 0.3 is 6.09 Å². The molecule has 27 heavy (non-hydrogen) atoms. The molecule has 0 aliphatic carbocycles. The lowest BCUT2D eigenvalue weighted by Crippen LogP contribution is -2.49. The van der Waals surface area contributed by atoms with Crippen LogP contribution in [0.4, 0.5) is 4.79 Å². The molecule has 1 saturated heterocycles. The zero-order valence-corrected chi connectivity index (χ0v) is 15.9. The van der Waals surface area contributed by atoms with Crippen molar-refractivity contribution < 1.29 is 14.1 Å². The van der Waals surface area contributed by atoms with Gasteiger partial charge in [0, 0.05) is 24.9 Å². The van der Waals surface area contributed by atoms with Crippen LogP contribution in [0.25, 0.3) is 0 Å². The Balaban J connectivity index is 1.81. The van der Waals surface area contributed by atoms with E-state index in [1.165, 1.54) is 6.39 Å². The highest BCUT2D eigenvalue weighted by Gasteiger charge is 2.35. The zero-order chi connectivity index (χ0) is 19.4. The van der Waals surface area contributed by atoms with E-state index >= 15 is 0 Å². The second-order valence-corrected chi connectivity index (χ2v) is 7.85. The molecule has 0 N–H and O–H groups in total. The minimum Gasteiger partial charge on any atom is -0.444 e. The Labute approximate surface area is 158 Å². The summed E-state index contributed by atoms with van der Waals surface area (Å²) in [6, 6.07) is 9.72. The first-order valence-corrected chi connectivity index (χ1v) is 9.10. The SMILES string of the molecule is CC(C)(C)OC(=O)N1CC(c2cccc(C#N)c2)CCC1Cc1ncon1. The number of aromatic nitrogens is 2. The van der Waals surface area contributed by atoms with E-state index < -0.39 is 5.60 Å². The Kier molecular flexibility index (Phi) is 5.45. The fraction of sp³-hybridized carbons (Fsp3) is 0.500. The molecule has 2 atom stereocenters. The van der Waals surface area contributed by atoms with Crippen molar-refractivity contribution in [2.24, 2.45) is 0 Å². The summed E-state index contributed by atoms with van der Waals surface area (Å²) in [4.78, 5) is 18.7. The summed E-state index contributed by atoms with van der Waals surface area (Å²) >= 11 is 0. The fourth-order valence-corrected chi connectivity index (χ4v) is 3.41. The predicted molar refractivity (Wildman–Crippen MR) is 97.9 cm³/mol. The first-order valence-electron chi connectivity index (χ1n) is 9.10. The van der Waals surface area contributed by atoms with Gasteiger partial charge in [-0.15, -0.1) is 0 Å². The largest absolute Gasteiger partial charge is 0.444 e. The van der Waals surface area contributed by atoms with Gasteiger partial charge < -0.3 is 14.2 Å². The van der Waals surface area contributed by atoms with Crippen molar-refractivity contribution >= 4 is 6.09 Å². The summed E-state index contributed by atoms with van der Waals surface area (Å²) in [7, 11) is 0. The molecular formula is C20H24N4O3. The van der Waals surface area contributed by atoms with Gasteiger partial charge in [0.15, 0.2) is 5.82 Å². The molecule has 3 rings (SSSR count). The van der Waals surface area contributed by atoms with E-state index in [0.29, 0.717) is 24.4 Å². The summed E-state index contributed by atoms with van der Waals surface area (Å²) in [6.45, 7) is 6.11. The molecule has 0 bridgehead atoms. The number of ether oxygens (including phenoxy) is 1. The first kappa shape index (κ1) is 18.9. The van der Waals surface area contributed by atoms with Gasteiger partial charge in [-0.05, 0) is 51.3 Å². The van der Waals surface area contributed by atoms with Crippen molar-refractivity contribution in [2.45, 2.75) is 57.6 Å². The van der Waals surface area contributed by atoms with Gasteiger partial charge in [0.05, 0.1) is 11.6 Å². The van der Waals surface area contributed by atoms with Crippen LogP contribution in [0, 0.1) is 11.3 Å². The standard InChI is InChI=1S/C20H24N4O3/c1-20(2,3)27-19(25)24-12-16(15-6-4-5-14(9-15)11-21)7-8-17(24)10-18-22-13-26-23-18/h4-6,9,13,16-17H,7-8,10,12H2,1-3H3. The Morgan fingerprint density at radius 2 is 2.22 bits per heavy atom. The molecule has 1 amide bonds. The van der Waals surface area contributed by atoms with Gasteiger partial charge in [0.2, 0.25) is 6.39 Å². The van der Waals surface area contributed by atoms with E-state index in [1.807, 2.05) is 39.0 Å². The van der Waals surface area contributed by atoms with Crippen LogP contribution in [-0.4, -0.2) is 39.3 Å². The third-order valence-corrected chi connectivity index (χ3v) is 4.65. The smallest absolute Gasteiger partial charge is 0.410 e. The van der Waals surface area contributed by atoms with Gasteiger partial charge in [0.25, 0.3) is 0 Å². The van der Waals surface area contributed by atoms with Crippen molar-refractivity contribution in [3.63, 3.8) is 0 Å². The number of nitrogens with zero attached hydrogens (tertiary/aromatic N) is 4. The van der Waals surface area contributed by atoms with Crippen LogP contribution in [-0.2, 0) is 11.2 Å². The Morgan fingerprint density at radius 1 is 1.41 bits per heavy atom. The van der Waals surface area contributed by atoms with Crippen molar-refractivity contribution in [3.05, 3.63) is 47.6 Å². The number of piperidine rings is 1. The number of hydrogen-bond donors (Lipinski definition) is 0. The summed E-state index contributed by atoms with van der Waals surface area (Å²) in [6.07, 6.45) is 3.20. The normalized spacial score (nSPS) is 20.1. The van der Waals surface area contributed by atoms with Crippen molar-refractivity contribution in [2.75, 3.05) is 6.54 Å². The highest BCUT2D eigenvalue weighted by Crippen LogP contribution is 2.32. The maximum Gasteiger partial charge on any atom is 0.410 e. The molecule has 1 fully saturated rings. The number of rotatable bonds is 3.